The first kappa shape index (κ1) is 27.2. The van der Waals surface area contributed by atoms with Crippen molar-refractivity contribution < 1.29 is 13.2 Å². The molecule has 1 fully saturated rings. The highest BCUT2D eigenvalue weighted by atomic mass is 32.2. The molecule has 1 N–H and O–H groups in total. The van der Waals surface area contributed by atoms with E-state index in [1.54, 1.807) is 0 Å². The molecule has 0 bridgehead atoms. The molecular weight excluding hydrogens is 496 g/mol. The highest BCUT2D eigenvalue weighted by Crippen LogP contribution is 2.30. The minimum Gasteiger partial charge on any atom is -0.477 e. The van der Waals surface area contributed by atoms with Crippen molar-refractivity contribution in [2.75, 3.05) is 60.0 Å². The van der Waals surface area contributed by atoms with Gasteiger partial charge in [0.25, 0.3) is 5.56 Å². The second kappa shape index (κ2) is 11.3. The van der Waals surface area contributed by atoms with Crippen molar-refractivity contribution in [2.45, 2.75) is 38.6 Å². The maximum atomic E-state index is 13.5. The van der Waals surface area contributed by atoms with E-state index in [0.29, 0.717) is 56.8 Å². The Morgan fingerprint density at radius 1 is 1.11 bits per heavy atom. The van der Waals surface area contributed by atoms with Crippen LogP contribution in [-0.4, -0.2) is 107 Å². The van der Waals surface area contributed by atoms with Gasteiger partial charge in [0.05, 0.1) is 30.6 Å². The maximum absolute atomic E-state index is 13.5. The second-order valence-corrected chi connectivity index (χ2v) is 11.2. The van der Waals surface area contributed by atoms with Crippen LogP contribution in [0.2, 0.25) is 0 Å². The lowest BCUT2D eigenvalue weighted by molar-refractivity contribution is 0.196. The number of sulfonamides is 1. The number of nitrogens with zero attached hydrogens (tertiary/aromatic N) is 7. The molecule has 202 valence electrons. The highest BCUT2D eigenvalue weighted by molar-refractivity contribution is 7.89. The Morgan fingerprint density at radius 3 is 2.46 bits per heavy atom. The number of aryl methyl sites for hydroxylation is 1. The van der Waals surface area contributed by atoms with Crippen LogP contribution in [0, 0.1) is 0 Å². The predicted molar refractivity (Wildman–Crippen MR) is 141 cm³/mol. The Balaban J connectivity index is 1.79. The van der Waals surface area contributed by atoms with Gasteiger partial charge < -0.3 is 19.5 Å². The van der Waals surface area contributed by atoms with Gasteiger partial charge in [-0.15, -0.1) is 0 Å². The zero-order valence-corrected chi connectivity index (χ0v) is 23.0. The van der Waals surface area contributed by atoms with Gasteiger partial charge in [-0.1, -0.05) is 13.8 Å². The van der Waals surface area contributed by atoms with E-state index in [2.05, 4.69) is 26.9 Å². The average molecular weight is 533 g/mol. The molecule has 0 radical (unpaired) electrons. The maximum Gasteiger partial charge on any atom is 0.279 e. The molecule has 4 rings (SSSR count). The van der Waals surface area contributed by atoms with Crippen molar-refractivity contribution in [1.29, 1.82) is 0 Å². The van der Waals surface area contributed by atoms with E-state index in [0.717, 1.165) is 18.8 Å². The van der Waals surface area contributed by atoms with E-state index in [9.17, 15) is 13.2 Å². The smallest absolute Gasteiger partial charge is 0.279 e. The van der Waals surface area contributed by atoms with E-state index in [1.807, 2.05) is 37.5 Å². The lowest BCUT2D eigenvalue weighted by atomic mass is 10.2. The van der Waals surface area contributed by atoms with E-state index in [-0.39, 0.29) is 22.1 Å². The molecule has 0 atom stereocenters. The molecule has 1 saturated heterocycles. The number of hydrogen-bond donors (Lipinski definition) is 1. The Bertz CT molecular complexity index is 1410. The third-order valence-electron chi connectivity index (χ3n) is 6.57. The number of rotatable bonds is 10. The van der Waals surface area contributed by atoms with Gasteiger partial charge in [0.1, 0.15) is 16.2 Å². The van der Waals surface area contributed by atoms with Crippen LogP contribution < -0.4 is 10.3 Å². The number of pyridine rings is 1. The number of H-pyrrole nitrogens is 1. The molecule has 1 aliphatic heterocycles. The molecule has 13 heteroatoms. The van der Waals surface area contributed by atoms with Crippen molar-refractivity contribution in [3.05, 3.63) is 28.3 Å². The molecule has 12 nitrogen and oxygen atoms in total. The van der Waals surface area contributed by atoms with Crippen LogP contribution in [0.3, 0.4) is 0 Å². The number of likely N-dealkylation sites (N-methyl/N-ethyl adjacent to an activating group) is 2. The Morgan fingerprint density at radius 2 is 1.84 bits per heavy atom. The van der Waals surface area contributed by atoms with Crippen LogP contribution in [0.5, 0.6) is 5.88 Å². The molecule has 4 heterocycles. The second-order valence-electron chi connectivity index (χ2n) is 9.23. The number of aromatic nitrogens is 5. The first-order valence-electron chi connectivity index (χ1n) is 12.7. The number of aromatic amines is 1. The fourth-order valence-corrected chi connectivity index (χ4v) is 5.85. The normalized spacial score (nSPS) is 15.6. The Hall–Kier alpha value is -2.87. The van der Waals surface area contributed by atoms with Gasteiger partial charge >= 0.3 is 0 Å². The Kier molecular flexibility index (Phi) is 8.26. The van der Waals surface area contributed by atoms with Crippen LogP contribution >= 0.6 is 0 Å². The lowest BCUT2D eigenvalue weighted by Crippen LogP contribution is -2.48. The summed E-state index contributed by atoms with van der Waals surface area (Å²) in [5, 5.41) is 4.51. The van der Waals surface area contributed by atoms with Crippen LogP contribution in [0.15, 0.2) is 22.0 Å². The van der Waals surface area contributed by atoms with Gasteiger partial charge in [0, 0.05) is 32.7 Å². The van der Waals surface area contributed by atoms with Crippen LogP contribution in [0.1, 0.15) is 26.5 Å². The van der Waals surface area contributed by atoms with Crippen molar-refractivity contribution >= 4 is 21.1 Å². The SMILES string of the molecule is CCOc1ncc(S(=O)(=O)N2CCN(CC)CC2)cc1-c1nc2c(CC)n(CCN(C)C)nc2c(=O)[nH]1. The predicted octanol–water partition coefficient (Wildman–Crippen LogP) is 1.03. The molecular formula is C24H36N8O4S. The first-order chi connectivity index (χ1) is 17.7. The molecule has 3 aromatic heterocycles. The molecule has 0 spiro atoms. The summed E-state index contributed by atoms with van der Waals surface area (Å²) in [7, 11) is 0.169. The molecule has 0 aliphatic carbocycles. The van der Waals surface area contributed by atoms with E-state index in [1.165, 1.54) is 16.6 Å². The molecule has 0 amide bonds. The standard InChI is InChI=1S/C24H36N8O4S/c1-6-19-20-21(28-32(19)14-9-29(4)5)23(33)27-22(26-20)18-15-17(16-25-24(18)36-8-3)37(34,35)31-12-10-30(7-2)11-13-31/h15-16H,6-14H2,1-5H3,(H,26,27,33). The molecule has 1 aliphatic rings. The lowest BCUT2D eigenvalue weighted by Gasteiger charge is -2.33. The quantitative estimate of drug-likeness (QED) is 0.407. The summed E-state index contributed by atoms with van der Waals surface area (Å²) in [4.78, 5) is 29.2. The van der Waals surface area contributed by atoms with Gasteiger partial charge in [-0.2, -0.15) is 9.40 Å². The average Bonchev–Trinajstić information content (AvgIpc) is 3.25. The summed E-state index contributed by atoms with van der Waals surface area (Å²) >= 11 is 0. The van der Waals surface area contributed by atoms with Gasteiger partial charge in [-0.3, -0.25) is 9.48 Å². The molecule has 37 heavy (non-hydrogen) atoms. The van der Waals surface area contributed by atoms with Crippen LogP contribution in [-0.2, 0) is 23.0 Å². The monoisotopic (exact) mass is 532 g/mol. The van der Waals surface area contributed by atoms with Gasteiger partial charge in [0.15, 0.2) is 5.52 Å². The molecule has 3 aromatic rings. The Labute approximate surface area is 217 Å². The zero-order valence-electron chi connectivity index (χ0n) is 22.2. The van der Waals surface area contributed by atoms with E-state index < -0.39 is 15.6 Å². The number of ether oxygens (including phenoxy) is 1. The molecule has 0 aromatic carbocycles. The number of piperazine rings is 1. The first-order valence-corrected chi connectivity index (χ1v) is 14.1. The van der Waals surface area contributed by atoms with E-state index in [4.69, 9.17) is 9.72 Å². The van der Waals surface area contributed by atoms with Gasteiger partial charge in [-0.05, 0) is 40.1 Å². The number of hydrogen-bond acceptors (Lipinski definition) is 9. The highest BCUT2D eigenvalue weighted by Gasteiger charge is 2.30. The third kappa shape index (κ3) is 5.54. The minimum absolute atomic E-state index is 0.0380. The largest absolute Gasteiger partial charge is 0.477 e. The fraction of sp³-hybridized carbons (Fsp3) is 0.583. The molecule has 0 unspecified atom stereocenters. The van der Waals surface area contributed by atoms with Crippen LogP contribution in [0.25, 0.3) is 22.4 Å². The van der Waals surface area contributed by atoms with Crippen molar-refractivity contribution in [2.24, 2.45) is 0 Å². The summed E-state index contributed by atoms with van der Waals surface area (Å²) in [5.74, 6) is 0.404. The van der Waals surface area contributed by atoms with Gasteiger partial charge in [0.2, 0.25) is 15.9 Å². The summed E-state index contributed by atoms with van der Waals surface area (Å²) in [6, 6.07) is 1.49. The van der Waals surface area contributed by atoms with Crippen molar-refractivity contribution in [3.8, 4) is 17.3 Å². The topological polar surface area (TPSA) is 130 Å². The summed E-state index contributed by atoms with van der Waals surface area (Å²) < 4.78 is 35.9. The van der Waals surface area contributed by atoms with Crippen LogP contribution in [0.4, 0.5) is 0 Å². The zero-order chi connectivity index (χ0) is 26.7. The van der Waals surface area contributed by atoms with Gasteiger partial charge in [-0.25, -0.2) is 18.4 Å². The summed E-state index contributed by atoms with van der Waals surface area (Å²) in [5.41, 5.74) is 1.50. The van der Waals surface area contributed by atoms with Crippen molar-refractivity contribution in [3.63, 3.8) is 0 Å². The summed E-state index contributed by atoms with van der Waals surface area (Å²) in [6.07, 6.45) is 1.94. The number of fused-ring (bicyclic) bond motifs is 1. The fourth-order valence-electron chi connectivity index (χ4n) is 4.45. The van der Waals surface area contributed by atoms with Crippen molar-refractivity contribution in [1.82, 2.24) is 38.8 Å². The molecule has 0 saturated carbocycles. The van der Waals surface area contributed by atoms with E-state index >= 15 is 0 Å². The number of nitrogens with one attached hydrogen (secondary N) is 1. The minimum atomic E-state index is -3.79. The third-order valence-corrected chi connectivity index (χ3v) is 8.44. The summed E-state index contributed by atoms with van der Waals surface area (Å²) in [6.45, 7) is 10.6.